The molecule has 0 aromatic carbocycles. The van der Waals surface area contributed by atoms with Crippen LogP contribution >= 0.6 is 0 Å². The van der Waals surface area contributed by atoms with E-state index < -0.39 is 0 Å². The van der Waals surface area contributed by atoms with Gasteiger partial charge < -0.3 is 10.6 Å². The summed E-state index contributed by atoms with van der Waals surface area (Å²) in [4.78, 5) is 10.8. The molecule has 1 fully saturated rings. The minimum Gasteiger partial charge on any atom is -0.340 e. The van der Waals surface area contributed by atoms with Gasteiger partial charge in [-0.3, -0.25) is 0 Å². The minimum atomic E-state index is 0.611. The lowest BCUT2D eigenvalue weighted by atomic mass is 10.1. The fraction of sp³-hybridized carbons (Fsp3) is 0.600. The second-order valence-electron chi connectivity index (χ2n) is 3.90. The maximum Gasteiger partial charge on any atom is 0.225 e. The third-order valence-electron chi connectivity index (χ3n) is 2.67. The van der Waals surface area contributed by atoms with Gasteiger partial charge in [0.05, 0.1) is 0 Å². The number of rotatable bonds is 2. The van der Waals surface area contributed by atoms with Crippen LogP contribution in [0.5, 0.6) is 0 Å². The van der Waals surface area contributed by atoms with Crippen LogP contribution in [0.15, 0.2) is 12.4 Å². The van der Waals surface area contributed by atoms with Crippen molar-refractivity contribution in [2.75, 3.05) is 24.5 Å². The molecule has 0 radical (unpaired) electrons. The smallest absolute Gasteiger partial charge is 0.225 e. The Hall–Kier alpha value is -1.16. The van der Waals surface area contributed by atoms with Crippen molar-refractivity contribution in [2.45, 2.75) is 13.3 Å². The highest BCUT2D eigenvalue weighted by Gasteiger charge is 2.22. The number of anilines is 1. The predicted molar refractivity (Wildman–Crippen MR) is 56.1 cm³/mol. The zero-order valence-electron chi connectivity index (χ0n) is 8.48. The molecule has 1 atom stereocenters. The Balaban J connectivity index is 2.06. The van der Waals surface area contributed by atoms with Gasteiger partial charge in [-0.2, -0.15) is 0 Å². The number of aryl methyl sites for hydroxylation is 1. The Bertz CT molecular complexity index is 295. The van der Waals surface area contributed by atoms with Gasteiger partial charge in [0.1, 0.15) is 0 Å². The fourth-order valence-corrected chi connectivity index (χ4v) is 1.76. The van der Waals surface area contributed by atoms with Gasteiger partial charge in [0.2, 0.25) is 5.95 Å². The van der Waals surface area contributed by atoms with Crippen LogP contribution in [-0.4, -0.2) is 29.6 Å². The van der Waals surface area contributed by atoms with E-state index in [9.17, 15) is 0 Å². The average molecular weight is 192 g/mol. The quantitative estimate of drug-likeness (QED) is 0.744. The highest BCUT2D eigenvalue weighted by Crippen LogP contribution is 2.19. The summed E-state index contributed by atoms with van der Waals surface area (Å²) in [6, 6.07) is 0. The molecule has 76 valence electrons. The fourth-order valence-electron chi connectivity index (χ4n) is 1.76. The monoisotopic (exact) mass is 192 g/mol. The van der Waals surface area contributed by atoms with Crippen molar-refractivity contribution in [3.05, 3.63) is 18.0 Å². The molecule has 14 heavy (non-hydrogen) atoms. The standard InChI is InChI=1S/C10H16N4/c1-8-5-12-10(13-6-8)14-3-2-9(4-11)7-14/h5-6,9H,2-4,7,11H2,1H3. The molecule has 1 aromatic heterocycles. The molecule has 2 rings (SSSR count). The molecule has 2 N–H and O–H groups in total. The van der Waals surface area contributed by atoms with Crippen LogP contribution < -0.4 is 10.6 Å². The second kappa shape index (κ2) is 3.92. The molecule has 4 heteroatoms. The number of nitrogens with zero attached hydrogens (tertiary/aromatic N) is 3. The third kappa shape index (κ3) is 1.85. The van der Waals surface area contributed by atoms with Gasteiger partial charge in [-0.05, 0) is 31.4 Å². The maximum absolute atomic E-state index is 5.63. The van der Waals surface area contributed by atoms with Gasteiger partial charge in [-0.25, -0.2) is 9.97 Å². The van der Waals surface area contributed by atoms with Crippen LogP contribution in [0.3, 0.4) is 0 Å². The molecule has 0 spiro atoms. The predicted octanol–water partition coefficient (Wildman–Crippen LogP) is 0.570. The normalized spacial score (nSPS) is 21.6. The summed E-state index contributed by atoms with van der Waals surface area (Å²) in [5.41, 5.74) is 6.73. The van der Waals surface area contributed by atoms with Gasteiger partial charge >= 0.3 is 0 Å². The third-order valence-corrected chi connectivity index (χ3v) is 2.67. The molecule has 4 nitrogen and oxygen atoms in total. The van der Waals surface area contributed by atoms with E-state index in [-0.39, 0.29) is 0 Å². The van der Waals surface area contributed by atoms with Gasteiger partial charge in [0, 0.05) is 25.5 Å². The van der Waals surface area contributed by atoms with Gasteiger partial charge in [0.15, 0.2) is 0 Å². The molecule has 0 amide bonds. The highest BCUT2D eigenvalue weighted by atomic mass is 15.3. The van der Waals surface area contributed by atoms with E-state index in [0.717, 1.165) is 37.6 Å². The molecule has 2 heterocycles. The van der Waals surface area contributed by atoms with E-state index in [4.69, 9.17) is 5.73 Å². The van der Waals surface area contributed by atoms with Gasteiger partial charge in [-0.1, -0.05) is 0 Å². The van der Waals surface area contributed by atoms with Crippen LogP contribution in [0.25, 0.3) is 0 Å². The summed E-state index contributed by atoms with van der Waals surface area (Å²) < 4.78 is 0. The van der Waals surface area contributed by atoms with Crippen molar-refractivity contribution in [3.63, 3.8) is 0 Å². The lowest BCUT2D eigenvalue weighted by Gasteiger charge is -2.15. The Morgan fingerprint density at radius 3 is 2.79 bits per heavy atom. The molecule has 1 saturated heterocycles. The van der Waals surface area contributed by atoms with E-state index in [1.54, 1.807) is 0 Å². The molecule has 1 unspecified atom stereocenters. The van der Waals surface area contributed by atoms with Crippen molar-refractivity contribution >= 4 is 5.95 Å². The molecule has 1 aliphatic heterocycles. The lowest BCUT2D eigenvalue weighted by molar-refractivity contribution is 0.602. The van der Waals surface area contributed by atoms with Gasteiger partial charge in [-0.15, -0.1) is 0 Å². The Morgan fingerprint density at radius 1 is 1.50 bits per heavy atom. The van der Waals surface area contributed by atoms with Crippen LogP contribution in [-0.2, 0) is 0 Å². The van der Waals surface area contributed by atoms with E-state index in [2.05, 4.69) is 14.9 Å². The molecular weight excluding hydrogens is 176 g/mol. The minimum absolute atomic E-state index is 0.611. The van der Waals surface area contributed by atoms with Crippen molar-refractivity contribution < 1.29 is 0 Å². The van der Waals surface area contributed by atoms with Crippen LogP contribution in [0, 0.1) is 12.8 Å². The van der Waals surface area contributed by atoms with E-state index in [0.29, 0.717) is 5.92 Å². The largest absolute Gasteiger partial charge is 0.340 e. The SMILES string of the molecule is Cc1cnc(N2CCC(CN)C2)nc1. The Kier molecular flexibility index (Phi) is 2.63. The van der Waals surface area contributed by atoms with E-state index >= 15 is 0 Å². The first-order valence-corrected chi connectivity index (χ1v) is 5.03. The van der Waals surface area contributed by atoms with Crippen molar-refractivity contribution in [1.29, 1.82) is 0 Å². The van der Waals surface area contributed by atoms with Crippen molar-refractivity contribution in [3.8, 4) is 0 Å². The summed E-state index contributed by atoms with van der Waals surface area (Å²) in [6.07, 6.45) is 4.88. The summed E-state index contributed by atoms with van der Waals surface area (Å²) in [7, 11) is 0. The van der Waals surface area contributed by atoms with E-state index in [1.165, 1.54) is 0 Å². The van der Waals surface area contributed by atoms with Crippen LogP contribution in [0.1, 0.15) is 12.0 Å². The number of hydrogen-bond acceptors (Lipinski definition) is 4. The Labute approximate surface area is 84.2 Å². The summed E-state index contributed by atoms with van der Waals surface area (Å²) in [5, 5.41) is 0. The van der Waals surface area contributed by atoms with Crippen molar-refractivity contribution in [2.24, 2.45) is 11.7 Å². The first-order chi connectivity index (χ1) is 6.79. The summed E-state index contributed by atoms with van der Waals surface area (Å²) in [5.74, 6) is 1.45. The molecule has 1 aromatic rings. The van der Waals surface area contributed by atoms with Crippen molar-refractivity contribution in [1.82, 2.24) is 9.97 Å². The zero-order chi connectivity index (χ0) is 9.97. The summed E-state index contributed by atoms with van der Waals surface area (Å²) in [6.45, 7) is 4.79. The molecule has 0 bridgehead atoms. The molecule has 0 saturated carbocycles. The van der Waals surface area contributed by atoms with Gasteiger partial charge in [0.25, 0.3) is 0 Å². The zero-order valence-corrected chi connectivity index (χ0v) is 8.48. The van der Waals surface area contributed by atoms with E-state index in [1.807, 2.05) is 19.3 Å². The van der Waals surface area contributed by atoms with Crippen LogP contribution in [0.2, 0.25) is 0 Å². The molecule has 1 aliphatic rings. The second-order valence-corrected chi connectivity index (χ2v) is 3.90. The molecular formula is C10H16N4. The van der Waals surface area contributed by atoms with Crippen LogP contribution in [0.4, 0.5) is 5.95 Å². The number of hydrogen-bond donors (Lipinski definition) is 1. The first-order valence-electron chi connectivity index (χ1n) is 5.03. The average Bonchev–Trinajstić information content (AvgIpc) is 2.67. The molecule has 0 aliphatic carbocycles. The summed E-state index contributed by atoms with van der Waals surface area (Å²) >= 11 is 0. The highest BCUT2D eigenvalue weighted by molar-refractivity contribution is 5.31. The number of aromatic nitrogens is 2. The Morgan fingerprint density at radius 2 is 2.21 bits per heavy atom. The first kappa shape index (κ1) is 9.40. The lowest BCUT2D eigenvalue weighted by Crippen LogP contribution is -2.24. The maximum atomic E-state index is 5.63. The topological polar surface area (TPSA) is 55.0 Å². The number of nitrogens with two attached hydrogens (primary N) is 1.